The summed E-state index contributed by atoms with van der Waals surface area (Å²) < 4.78 is 29.4. The van der Waals surface area contributed by atoms with Gasteiger partial charge in [0.1, 0.15) is 11.6 Å². The lowest BCUT2D eigenvalue weighted by molar-refractivity contribution is -0.131. The van der Waals surface area contributed by atoms with Crippen LogP contribution in [-0.2, 0) is 28.5 Å². The number of hydrogen-bond donors (Lipinski definition) is 1. The number of piperidine rings is 1. The van der Waals surface area contributed by atoms with Crippen molar-refractivity contribution >= 4 is 18.0 Å². The molecule has 1 saturated heterocycles. The van der Waals surface area contributed by atoms with Crippen LogP contribution in [0.1, 0.15) is 60.8 Å². The molecule has 1 unspecified atom stereocenters. The Hall–Kier alpha value is -4.18. The summed E-state index contributed by atoms with van der Waals surface area (Å²) in [6.45, 7) is 8.39. The molecule has 2 aliphatic heterocycles. The highest BCUT2D eigenvalue weighted by Crippen LogP contribution is 2.49. The Bertz CT molecular complexity index is 1510. The number of imidazole rings is 1. The van der Waals surface area contributed by atoms with Crippen LogP contribution in [0, 0.1) is 12.7 Å². The minimum Gasteiger partial charge on any atom is -0.478 e. The quantitative estimate of drug-likeness (QED) is 0.361. The van der Waals surface area contributed by atoms with Crippen molar-refractivity contribution in [2.75, 3.05) is 26.7 Å². The van der Waals surface area contributed by atoms with Crippen LogP contribution in [0.15, 0.2) is 48.7 Å². The fraction of sp³-hybridized carbons (Fsp3) is 0.406. The van der Waals surface area contributed by atoms with E-state index in [0.717, 1.165) is 49.0 Å². The number of rotatable bonds is 9. The zero-order chi connectivity index (χ0) is 30.0. The van der Waals surface area contributed by atoms with E-state index in [9.17, 15) is 14.0 Å². The van der Waals surface area contributed by atoms with Gasteiger partial charge >= 0.3 is 5.97 Å². The van der Waals surface area contributed by atoms with Crippen molar-refractivity contribution in [2.24, 2.45) is 0 Å². The number of fused-ring (bicyclic) bond motifs is 1. The minimum absolute atomic E-state index is 0.0348. The van der Waals surface area contributed by atoms with Gasteiger partial charge in [0.05, 0.1) is 24.0 Å². The van der Waals surface area contributed by atoms with Crippen LogP contribution in [0.3, 0.4) is 0 Å². The topological polar surface area (TPSA) is 97.1 Å². The first-order valence-corrected chi connectivity index (χ1v) is 14.2. The third kappa shape index (κ3) is 6.18. The van der Waals surface area contributed by atoms with E-state index >= 15 is 0 Å². The molecule has 42 heavy (non-hydrogen) atoms. The molecule has 1 aromatic heterocycles. The van der Waals surface area contributed by atoms with Gasteiger partial charge in [0, 0.05) is 45.6 Å². The van der Waals surface area contributed by atoms with E-state index in [2.05, 4.69) is 16.0 Å². The number of amides is 1. The molecule has 1 N–H and O–H groups in total. The lowest BCUT2D eigenvalue weighted by atomic mass is 9.88. The SMILES string of the molecule is CC(=O)N(C)CCn1c(/C=C/C(=O)O)cnc1CN1CCC(c2cccc3c2OC(C)(c2ccc(C)cc2F)O3)CC1. The number of carboxylic acids is 1. The molecule has 0 radical (unpaired) electrons. The number of likely N-dealkylation sites (tertiary alicyclic amines) is 1. The second kappa shape index (κ2) is 12.0. The van der Waals surface area contributed by atoms with Gasteiger partial charge in [-0.15, -0.1) is 0 Å². The molecule has 3 heterocycles. The first-order valence-electron chi connectivity index (χ1n) is 14.2. The van der Waals surface area contributed by atoms with Crippen molar-refractivity contribution in [3.05, 3.63) is 82.7 Å². The van der Waals surface area contributed by atoms with Crippen molar-refractivity contribution in [2.45, 2.75) is 58.4 Å². The molecule has 222 valence electrons. The van der Waals surface area contributed by atoms with Gasteiger partial charge in [0.15, 0.2) is 11.5 Å². The molecule has 0 aliphatic carbocycles. The number of aryl methyl sites for hydroxylation is 1. The van der Waals surface area contributed by atoms with E-state index in [0.29, 0.717) is 42.4 Å². The largest absolute Gasteiger partial charge is 0.478 e. The smallest absolute Gasteiger partial charge is 0.328 e. The predicted molar refractivity (Wildman–Crippen MR) is 156 cm³/mol. The number of halogens is 1. The van der Waals surface area contributed by atoms with Gasteiger partial charge in [-0.05, 0) is 68.6 Å². The minimum atomic E-state index is -1.24. The standard InChI is InChI=1S/C32H37FN4O5/c1-21-8-10-26(27(33)18-21)32(3)41-28-7-5-6-25(31(28)42-32)23-12-14-36(15-13-23)20-29-34-19-24(9-11-30(39)40)37(29)17-16-35(4)22(2)38/h5-11,18-19,23H,12-17,20H2,1-4H3,(H,39,40)/b11-9+. The Morgan fingerprint density at radius 2 is 1.98 bits per heavy atom. The number of nitrogens with zero attached hydrogens (tertiary/aromatic N) is 4. The summed E-state index contributed by atoms with van der Waals surface area (Å²) in [5.41, 5.74) is 2.96. The van der Waals surface area contributed by atoms with Crippen LogP contribution in [0.25, 0.3) is 6.08 Å². The van der Waals surface area contributed by atoms with Crippen molar-refractivity contribution < 1.29 is 28.6 Å². The van der Waals surface area contributed by atoms with E-state index in [1.807, 2.05) is 29.7 Å². The number of aliphatic carboxylic acids is 1. The molecular weight excluding hydrogens is 539 g/mol. The molecule has 2 aromatic carbocycles. The fourth-order valence-electron chi connectivity index (χ4n) is 5.68. The second-order valence-corrected chi connectivity index (χ2v) is 11.2. The number of likely N-dealkylation sites (N-methyl/N-ethyl adjacent to an activating group) is 1. The molecule has 9 nitrogen and oxygen atoms in total. The van der Waals surface area contributed by atoms with Crippen molar-refractivity contribution in [1.29, 1.82) is 0 Å². The summed E-state index contributed by atoms with van der Waals surface area (Å²) in [7, 11) is 1.74. The van der Waals surface area contributed by atoms with Crippen LogP contribution in [0.4, 0.5) is 4.39 Å². The zero-order valence-corrected chi connectivity index (χ0v) is 24.5. The number of carboxylic acid groups (broad SMARTS) is 1. The fourth-order valence-corrected chi connectivity index (χ4v) is 5.68. The summed E-state index contributed by atoms with van der Waals surface area (Å²) in [5, 5.41) is 9.10. The van der Waals surface area contributed by atoms with Crippen LogP contribution < -0.4 is 9.47 Å². The summed E-state index contributed by atoms with van der Waals surface area (Å²) in [4.78, 5) is 31.4. The highest BCUT2D eigenvalue weighted by Gasteiger charge is 2.42. The summed E-state index contributed by atoms with van der Waals surface area (Å²) in [6, 6.07) is 11.0. The van der Waals surface area contributed by atoms with Gasteiger partial charge in [-0.25, -0.2) is 14.2 Å². The lowest BCUT2D eigenvalue weighted by Gasteiger charge is -2.32. The van der Waals surface area contributed by atoms with E-state index in [1.54, 1.807) is 31.1 Å². The number of aromatic nitrogens is 2. The highest BCUT2D eigenvalue weighted by atomic mass is 19.1. The van der Waals surface area contributed by atoms with Crippen LogP contribution in [-0.4, -0.2) is 63.0 Å². The summed E-state index contributed by atoms with van der Waals surface area (Å²) >= 11 is 0. The third-order valence-corrected chi connectivity index (χ3v) is 8.18. The van der Waals surface area contributed by atoms with Crippen LogP contribution >= 0.6 is 0 Å². The van der Waals surface area contributed by atoms with Gasteiger partial charge in [-0.3, -0.25) is 9.69 Å². The Morgan fingerprint density at radius 3 is 2.67 bits per heavy atom. The van der Waals surface area contributed by atoms with Crippen LogP contribution in [0.2, 0.25) is 0 Å². The number of benzene rings is 2. The predicted octanol–water partition coefficient (Wildman–Crippen LogP) is 4.93. The van der Waals surface area contributed by atoms with E-state index < -0.39 is 11.8 Å². The van der Waals surface area contributed by atoms with Gasteiger partial charge < -0.3 is 24.0 Å². The van der Waals surface area contributed by atoms with E-state index in [-0.39, 0.29) is 17.6 Å². The molecular formula is C32H37FN4O5. The summed E-state index contributed by atoms with van der Waals surface area (Å²) in [5.74, 6) is -0.280. The molecule has 5 rings (SSSR count). The van der Waals surface area contributed by atoms with Crippen molar-refractivity contribution in [1.82, 2.24) is 19.4 Å². The molecule has 1 atom stereocenters. The number of para-hydroxylation sites is 1. The maximum absolute atomic E-state index is 14.9. The normalized spacial score (nSPS) is 19.0. The number of hydrogen-bond acceptors (Lipinski definition) is 6. The molecule has 1 amide bonds. The van der Waals surface area contributed by atoms with Crippen molar-refractivity contribution in [3.8, 4) is 11.5 Å². The maximum Gasteiger partial charge on any atom is 0.328 e. The Balaban J connectivity index is 1.27. The molecule has 2 aliphatic rings. The average Bonchev–Trinajstić information content (AvgIpc) is 3.50. The Labute approximate surface area is 245 Å². The molecule has 3 aromatic rings. The number of ether oxygens (including phenoxy) is 2. The van der Waals surface area contributed by atoms with Gasteiger partial charge in [-0.1, -0.05) is 18.2 Å². The Kier molecular flexibility index (Phi) is 8.36. The highest BCUT2D eigenvalue weighted by molar-refractivity contribution is 5.84. The maximum atomic E-state index is 14.9. The van der Waals surface area contributed by atoms with E-state index in [1.165, 1.54) is 19.1 Å². The zero-order valence-electron chi connectivity index (χ0n) is 24.5. The van der Waals surface area contributed by atoms with E-state index in [4.69, 9.17) is 14.6 Å². The Morgan fingerprint density at radius 1 is 1.21 bits per heavy atom. The average molecular weight is 577 g/mol. The van der Waals surface area contributed by atoms with Gasteiger partial charge in [-0.2, -0.15) is 0 Å². The first kappa shape index (κ1) is 29.3. The monoisotopic (exact) mass is 576 g/mol. The second-order valence-electron chi connectivity index (χ2n) is 11.2. The molecule has 1 fully saturated rings. The summed E-state index contributed by atoms with van der Waals surface area (Å²) in [6.07, 6.45) is 6.10. The van der Waals surface area contributed by atoms with Gasteiger partial charge in [0.2, 0.25) is 5.91 Å². The lowest BCUT2D eigenvalue weighted by Crippen LogP contribution is -2.34. The molecule has 0 spiro atoms. The molecule has 0 bridgehead atoms. The van der Waals surface area contributed by atoms with Crippen molar-refractivity contribution in [3.63, 3.8) is 0 Å². The van der Waals surface area contributed by atoms with Gasteiger partial charge in [0.25, 0.3) is 5.79 Å². The number of carbonyl (C=O) groups is 2. The molecule has 0 saturated carbocycles. The number of carbonyl (C=O) groups excluding carboxylic acids is 1. The first-order chi connectivity index (χ1) is 20.0. The third-order valence-electron chi connectivity index (χ3n) is 8.18. The van der Waals surface area contributed by atoms with Crippen LogP contribution in [0.5, 0.6) is 11.5 Å². The molecule has 10 heteroatoms.